The van der Waals surface area contributed by atoms with Gasteiger partial charge in [-0.3, -0.25) is 9.59 Å². The molecule has 0 atom stereocenters. The minimum Gasteiger partial charge on any atom is -0.507 e. The van der Waals surface area contributed by atoms with E-state index in [4.69, 9.17) is 4.74 Å². The number of carbonyl (C=O) groups excluding carboxylic acids is 2. The summed E-state index contributed by atoms with van der Waals surface area (Å²) in [5, 5.41) is 13.3. The number of aromatic nitrogens is 2. The summed E-state index contributed by atoms with van der Waals surface area (Å²) in [7, 11) is 0. The highest BCUT2D eigenvalue weighted by Gasteiger charge is 2.15. The molecule has 0 aliphatic rings. The summed E-state index contributed by atoms with van der Waals surface area (Å²) in [6.45, 7) is 5.62. The largest absolute Gasteiger partial charge is 0.507 e. The van der Waals surface area contributed by atoms with Crippen LogP contribution in [0, 0.1) is 0 Å². The van der Waals surface area contributed by atoms with Gasteiger partial charge in [-0.1, -0.05) is 13.3 Å². The van der Waals surface area contributed by atoms with Crippen LogP contribution in [-0.4, -0.2) is 39.5 Å². The van der Waals surface area contributed by atoms with E-state index in [-0.39, 0.29) is 17.4 Å². The summed E-state index contributed by atoms with van der Waals surface area (Å²) in [5.74, 6) is 0.614. The normalized spacial score (nSPS) is 10.8. The van der Waals surface area contributed by atoms with E-state index in [9.17, 15) is 14.7 Å². The monoisotopic (exact) mass is 429 g/mol. The maximum absolute atomic E-state index is 11.9. The first-order valence-corrected chi connectivity index (χ1v) is 11.2. The Morgan fingerprint density at radius 2 is 2.00 bits per heavy atom. The maximum Gasteiger partial charge on any atom is 0.219 e. The van der Waals surface area contributed by atoms with Gasteiger partial charge in [0.15, 0.2) is 5.78 Å². The Morgan fingerprint density at radius 1 is 1.16 bits per heavy atom. The number of imidazole rings is 1. The number of nitrogens with zero attached hydrogens (tertiary/aromatic N) is 2. The number of hydrogen-bond donors (Lipinski definition) is 2. The van der Waals surface area contributed by atoms with E-state index in [2.05, 4.69) is 10.3 Å². The zero-order valence-electron chi connectivity index (χ0n) is 18.7. The standard InChI is InChI=1S/C24H35N3O4/c1-3-9-21-22(12-11-20(19(2)28)24(21)30)31-17-8-4-5-10-23(29)26-13-6-7-15-27-16-14-25-18-27/h11-12,14,16,18,30H,3-10,13,15,17H2,1-2H3,(H,26,29). The van der Waals surface area contributed by atoms with Crippen LogP contribution in [-0.2, 0) is 17.8 Å². The highest BCUT2D eigenvalue weighted by molar-refractivity contribution is 5.97. The van der Waals surface area contributed by atoms with Crippen molar-refractivity contribution in [1.82, 2.24) is 14.9 Å². The molecule has 31 heavy (non-hydrogen) atoms. The first-order chi connectivity index (χ1) is 15.0. The molecule has 2 N–H and O–H groups in total. The number of benzene rings is 1. The van der Waals surface area contributed by atoms with Gasteiger partial charge in [0.05, 0.1) is 18.5 Å². The van der Waals surface area contributed by atoms with E-state index < -0.39 is 0 Å². The van der Waals surface area contributed by atoms with Crippen molar-refractivity contribution in [2.45, 2.75) is 71.8 Å². The van der Waals surface area contributed by atoms with Crippen molar-refractivity contribution in [3.05, 3.63) is 42.0 Å². The molecule has 0 unspecified atom stereocenters. The minimum absolute atomic E-state index is 0.0357. The fourth-order valence-corrected chi connectivity index (χ4v) is 3.43. The molecule has 2 rings (SSSR count). The molecule has 1 amide bonds. The third kappa shape index (κ3) is 8.44. The van der Waals surface area contributed by atoms with Gasteiger partial charge in [0.1, 0.15) is 11.5 Å². The van der Waals surface area contributed by atoms with Crippen LogP contribution in [0.25, 0.3) is 0 Å². The number of amides is 1. The molecule has 1 aromatic carbocycles. The highest BCUT2D eigenvalue weighted by atomic mass is 16.5. The predicted molar refractivity (Wildman–Crippen MR) is 121 cm³/mol. The van der Waals surface area contributed by atoms with Gasteiger partial charge >= 0.3 is 0 Å². The lowest BCUT2D eigenvalue weighted by molar-refractivity contribution is -0.121. The Labute approximate surface area is 184 Å². The second-order valence-corrected chi connectivity index (χ2v) is 7.76. The smallest absolute Gasteiger partial charge is 0.219 e. The Kier molecular flexibility index (Phi) is 10.6. The highest BCUT2D eigenvalue weighted by Crippen LogP contribution is 2.33. The Bertz CT molecular complexity index is 818. The SMILES string of the molecule is CCCc1c(OCCCCCC(=O)NCCCCn2ccnc2)ccc(C(C)=O)c1O. The molecular weight excluding hydrogens is 394 g/mol. The molecule has 1 aromatic heterocycles. The molecule has 7 heteroatoms. The number of hydrogen-bond acceptors (Lipinski definition) is 5. The predicted octanol–water partition coefficient (Wildman–Crippen LogP) is 4.28. The number of ether oxygens (including phenoxy) is 1. The van der Waals surface area contributed by atoms with Gasteiger partial charge < -0.3 is 19.7 Å². The van der Waals surface area contributed by atoms with Crippen LogP contribution in [0.15, 0.2) is 30.9 Å². The first-order valence-electron chi connectivity index (χ1n) is 11.2. The molecule has 170 valence electrons. The topological polar surface area (TPSA) is 93.5 Å². The number of nitrogens with one attached hydrogen (secondary N) is 1. The summed E-state index contributed by atoms with van der Waals surface area (Å²) >= 11 is 0. The van der Waals surface area contributed by atoms with Gasteiger partial charge in [-0.2, -0.15) is 0 Å². The number of aromatic hydroxyl groups is 1. The van der Waals surface area contributed by atoms with Crippen LogP contribution in [0.1, 0.15) is 74.7 Å². The number of rotatable bonds is 15. The Morgan fingerprint density at radius 3 is 2.71 bits per heavy atom. The summed E-state index contributed by atoms with van der Waals surface area (Å²) in [6, 6.07) is 3.38. The van der Waals surface area contributed by atoms with E-state index in [0.717, 1.165) is 45.1 Å². The van der Waals surface area contributed by atoms with E-state index in [1.165, 1.54) is 6.92 Å². The van der Waals surface area contributed by atoms with Gasteiger partial charge in [-0.15, -0.1) is 0 Å². The number of carbonyl (C=O) groups is 2. The summed E-state index contributed by atoms with van der Waals surface area (Å²) in [4.78, 5) is 27.6. The van der Waals surface area contributed by atoms with E-state index in [0.29, 0.717) is 42.9 Å². The van der Waals surface area contributed by atoms with Gasteiger partial charge in [0.2, 0.25) is 5.91 Å². The molecule has 0 fully saturated rings. The fraction of sp³-hybridized carbons (Fsp3) is 0.542. The van der Waals surface area contributed by atoms with Gasteiger partial charge in [-0.25, -0.2) is 4.98 Å². The number of aryl methyl sites for hydroxylation is 1. The molecule has 0 saturated heterocycles. The lowest BCUT2D eigenvalue weighted by Gasteiger charge is -2.14. The van der Waals surface area contributed by atoms with Gasteiger partial charge in [-0.05, 0) is 57.6 Å². The average molecular weight is 430 g/mol. The zero-order chi connectivity index (χ0) is 22.5. The lowest BCUT2D eigenvalue weighted by atomic mass is 10.0. The van der Waals surface area contributed by atoms with Crippen LogP contribution in [0.3, 0.4) is 0 Å². The third-order valence-corrected chi connectivity index (χ3v) is 5.15. The Hall–Kier alpha value is -2.83. The van der Waals surface area contributed by atoms with Crippen LogP contribution in [0.2, 0.25) is 0 Å². The molecule has 0 radical (unpaired) electrons. The number of ketones is 1. The Balaban J connectivity index is 1.58. The minimum atomic E-state index is -0.155. The molecule has 0 aliphatic heterocycles. The molecule has 0 saturated carbocycles. The quantitative estimate of drug-likeness (QED) is 0.326. The zero-order valence-corrected chi connectivity index (χ0v) is 18.7. The molecule has 0 aliphatic carbocycles. The molecular formula is C24H35N3O4. The first kappa shape index (κ1) is 24.4. The van der Waals surface area contributed by atoms with Crippen molar-refractivity contribution in [1.29, 1.82) is 0 Å². The van der Waals surface area contributed by atoms with Crippen molar-refractivity contribution >= 4 is 11.7 Å². The van der Waals surface area contributed by atoms with Crippen molar-refractivity contribution in [2.75, 3.05) is 13.2 Å². The maximum atomic E-state index is 11.9. The number of phenolic OH excluding ortho intramolecular Hbond substituents is 1. The van der Waals surface area contributed by atoms with Crippen molar-refractivity contribution in [3.8, 4) is 11.5 Å². The summed E-state index contributed by atoms with van der Waals surface area (Å²) < 4.78 is 7.89. The van der Waals surface area contributed by atoms with Gasteiger partial charge in [0.25, 0.3) is 0 Å². The van der Waals surface area contributed by atoms with Gasteiger partial charge in [0, 0.05) is 37.5 Å². The molecule has 1 heterocycles. The molecule has 7 nitrogen and oxygen atoms in total. The number of phenols is 1. The summed E-state index contributed by atoms with van der Waals surface area (Å²) in [6.07, 6.45) is 12.1. The number of Topliss-reactive ketones (excluding diaryl/α,β-unsaturated/α-hetero) is 1. The molecule has 2 aromatic rings. The number of unbranched alkanes of at least 4 members (excludes halogenated alkanes) is 3. The van der Waals surface area contributed by atoms with E-state index in [1.54, 1.807) is 24.7 Å². The second kappa shape index (κ2) is 13.5. The lowest BCUT2D eigenvalue weighted by Crippen LogP contribution is -2.24. The van der Waals surface area contributed by atoms with Crippen LogP contribution >= 0.6 is 0 Å². The van der Waals surface area contributed by atoms with Crippen LogP contribution in [0.5, 0.6) is 11.5 Å². The third-order valence-electron chi connectivity index (χ3n) is 5.15. The fourth-order valence-electron chi connectivity index (χ4n) is 3.43. The van der Waals surface area contributed by atoms with E-state index in [1.807, 2.05) is 17.7 Å². The van der Waals surface area contributed by atoms with Crippen LogP contribution < -0.4 is 10.1 Å². The van der Waals surface area contributed by atoms with Crippen molar-refractivity contribution in [2.24, 2.45) is 0 Å². The summed E-state index contributed by atoms with van der Waals surface area (Å²) in [5.41, 5.74) is 1.03. The van der Waals surface area contributed by atoms with E-state index >= 15 is 0 Å². The molecule has 0 bridgehead atoms. The van der Waals surface area contributed by atoms with Crippen molar-refractivity contribution in [3.63, 3.8) is 0 Å². The van der Waals surface area contributed by atoms with Crippen molar-refractivity contribution < 1.29 is 19.4 Å². The second-order valence-electron chi connectivity index (χ2n) is 7.76. The van der Waals surface area contributed by atoms with Crippen LogP contribution in [0.4, 0.5) is 0 Å². The average Bonchev–Trinajstić information content (AvgIpc) is 3.26. The molecule has 0 spiro atoms.